The third-order valence-electron chi connectivity index (χ3n) is 3.45. The molecule has 0 spiro atoms. The molecule has 24 heavy (non-hydrogen) atoms. The number of carbonyl (C=O) groups excluding carboxylic acids is 1. The van der Waals surface area contributed by atoms with Gasteiger partial charge in [0.25, 0.3) is 0 Å². The van der Waals surface area contributed by atoms with Crippen molar-refractivity contribution in [3.63, 3.8) is 0 Å². The predicted molar refractivity (Wildman–Crippen MR) is 95.3 cm³/mol. The van der Waals surface area contributed by atoms with Gasteiger partial charge in [-0.3, -0.25) is 4.79 Å². The van der Waals surface area contributed by atoms with E-state index in [0.29, 0.717) is 12.2 Å². The van der Waals surface area contributed by atoms with Gasteiger partial charge in [0.1, 0.15) is 0 Å². The third kappa shape index (κ3) is 4.39. The van der Waals surface area contributed by atoms with Crippen LogP contribution in [0, 0.1) is 6.92 Å². The molecule has 3 aromatic rings. The number of rotatable bonds is 5. The number of carbonyl (C=O) groups is 1. The number of amides is 1. The fourth-order valence-electron chi connectivity index (χ4n) is 2.24. The summed E-state index contributed by atoms with van der Waals surface area (Å²) in [6.45, 7) is 1.89. The maximum atomic E-state index is 12.0. The first-order valence-corrected chi connectivity index (χ1v) is 7.70. The highest BCUT2D eigenvalue weighted by Gasteiger charge is 2.04. The van der Waals surface area contributed by atoms with E-state index in [1.165, 1.54) is 0 Å². The van der Waals surface area contributed by atoms with E-state index in [1.807, 2.05) is 73.7 Å². The van der Waals surface area contributed by atoms with Crippen LogP contribution in [0.4, 0.5) is 17.2 Å². The van der Waals surface area contributed by atoms with Crippen molar-refractivity contribution in [1.82, 2.24) is 10.2 Å². The molecular weight excluding hydrogens is 300 g/mol. The van der Waals surface area contributed by atoms with Crippen LogP contribution in [-0.4, -0.2) is 16.1 Å². The summed E-state index contributed by atoms with van der Waals surface area (Å²) in [5, 5.41) is 14.1. The Hall–Kier alpha value is -3.21. The summed E-state index contributed by atoms with van der Waals surface area (Å²) < 4.78 is 0. The summed E-state index contributed by atoms with van der Waals surface area (Å²) in [6, 6.07) is 20.9. The fraction of sp³-hybridized carbons (Fsp3) is 0.105. The minimum absolute atomic E-state index is 0.0358. The molecule has 5 nitrogen and oxygen atoms in total. The Kier molecular flexibility index (Phi) is 4.81. The normalized spacial score (nSPS) is 10.2. The zero-order chi connectivity index (χ0) is 16.8. The van der Waals surface area contributed by atoms with Gasteiger partial charge in [0.2, 0.25) is 5.91 Å². The average Bonchev–Trinajstić information content (AvgIpc) is 2.59. The van der Waals surface area contributed by atoms with E-state index in [9.17, 15) is 4.79 Å². The molecule has 0 saturated carbocycles. The topological polar surface area (TPSA) is 66.9 Å². The van der Waals surface area contributed by atoms with Crippen molar-refractivity contribution in [2.45, 2.75) is 13.3 Å². The Morgan fingerprint density at radius 3 is 2.25 bits per heavy atom. The van der Waals surface area contributed by atoms with Gasteiger partial charge in [-0.15, -0.1) is 5.10 Å². The Morgan fingerprint density at radius 1 is 0.875 bits per heavy atom. The van der Waals surface area contributed by atoms with Crippen molar-refractivity contribution in [2.75, 3.05) is 10.6 Å². The molecule has 0 radical (unpaired) electrons. The van der Waals surface area contributed by atoms with Gasteiger partial charge in [-0.1, -0.05) is 30.3 Å². The zero-order valence-corrected chi connectivity index (χ0v) is 13.4. The first-order valence-electron chi connectivity index (χ1n) is 7.70. The van der Waals surface area contributed by atoms with Crippen LogP contribution in [0.3, 0.4) is 0 Å². The molecule has 0 fully saturated rings. The number of anilines is 3. The monoisotopic (exact) mass is 318 g/mol. The molecule has 2 aromatic carbocycles. The Morgan fingerprint density at radius 2 is 1.58 bits per heavy atom. The summed E-state index contributed by atoms with van der Waals surface area (Å²) in [5.41, 5.74) is 3.51. The summed E-state index contributed by atoms with van der Waals surface area (Å²) in [7, 11) is 0. The number of benzene rings is 2. The summed E-state index contributed by atoms with van der Waals surface area (Å²) >= 11 is 0. The minimum atomic E-state index is -0.0358. The molecule has 2 N–H and O–H groups in total. The summed E-state index contributed by atoms with van der Waals surface area (Å²) in [6.07, 6.45) is 0.361. The highest BCUT2D eigenvalue weighted by Crippen LogP contribution is 2.17. The van der Waals surface area contributed by atoms with Gasteiger partial charge in [-0.2, -0.15) is 5.10 Å². The van der Waals surface area contributed by atoms with Crippen LogP contribution in [0.25, 0.3) is 0 Å². The molecular formula is C19H18N4O. The lowest BCUT2D eigenvalue weighted by Crippen LogP contribution is -2.14. The molecule has 0 aliphatic rings. The quantitative estimate of drug-likeness (QED) is 0.752. The van der Waals surface area contributed by atoms with Crippen molar-refractivity contribution in [1.29, 1.82) is 0 Å². The second-order valence-electron chi connectivity index (χ2n) is 5.47. The number of aryl methyl sites for hydroxylation is 1. The molecule has 1 aromatic heterocycles. The molecule has 1 amide bonds. The van der Waals surface area contributed by atoms with E-state index >= 15 is 0 Å². The maximum Gasteiger partial charge on any atom is 0.228 e. The number of hydrogen-bond donors (Lipinski definition) is 2. The molecule has 0 aliphatic carbocycles. The van der Waals surface area contributed by atoms with Crippen LogP contribution in [0.15, 0.2) is 66.7 Å². The molecule has 0 bridgehead atoms. The lowest BCUT2D eigenvalue weighted by Gasteiger charge is -2.08. The van der Waals surface area contributed by atoms with Crippen molar-refractivity contribution in [3.05, 3.63) is 78.0 Å². The summed E-state index contributed by atoms with van der Waals surface area (Å²) in [4.78, 5) is 12.0. The minimum Gasteiger partial charge on any atom is -0.339 e. The maximum absolute atomic E-state index is 12.0. The van der Waals surface area contributed by atoms with E-state index in [2.05, 4.69) is 20.8 Å². The number of nitrogens with zero attached hydrogens (tertiary/aromatic N) is 2. The van der Waals surface area contributed by atoms with Crippen LogP contribution in [0.1, 0.15) is 11.3 Å². The van der Waals surface area contributed by atoms with Crippen molar-refractivity contribution < 1.29 is 4.79 Å². The number of hydrogen-bond acceptors (Lipinski definition) is 4. The first kappa shape index (κ1) is 15.7. The highest BCUT2D eigenvalue weighted by molar-refractivity contribution is 5.92. The molecule has 0 aliphatic heterocycles. The van der Waals surface area contributed by atoms with E-state index in [4.69, 9.17) is 0 Å². The molecule has 120 valence electrons. The van der Waals surface area contributed by atoms with Gasteiger partial charge in [-0.05, 0) is 48.9 Å². The highest BCUT2D eigenvalue weighted by atomic mass is 16.1. The van der Waals surface area contributed by atoms with Gasteiger partial charge in [-0.25, -0.2) is 0 Å². The lowest BCUT2D eigenvalue weighted by molar-refractivity contribution is -0.115. The van der Waals surface area contributed by atoms with E-state index in [0.717, 1.165) is 22.6 Å². The van der Waals surface area contributed by atoms with E-state index in [1.54, 1.807) is 0 Å². The second-order valence-corrected chi connectivity index (χ2v) is 5.47. The average molecular weight is 318 g/mol. The first-order chi connectivity index (χ1) is 11.7. The fourth-order valence-corrected chi connectivity index (χ4v) is 2.24. The second kappa shape index (κ2) is 7.37. The molecule has 0 unspecified atom stereocenters. The Balaban J connectivity index is 1.58. The third-order valence-corrected chi connectivity index (χ3v) is 3.45. The van der Waals surface area contributed by atoms with Crippen molar-refractivity contribution >= 4 is 23.1 Å². The summed E-state index contributed by atoms with van der Waals surface area (Å²) in [5.74, 6) is 0.646. The van der Waals surface area contributed by atoms with Crippen LogP contribution in [0.2, 0.25) is 0 Å². The van der Waals surface area contributed by atoms with Crippen LogP contribution in [-0.2, 0) is 11.2 Å². The Labute approximate surface area is 140 Å². The van der Waals surface area contributed by atoms with Crippen molar-refractivity contribution in [2.24, 2.45) is 0 Å². The largest absolute Gasteiger partial charge is 0.339 e. The standard InChI is InChI=1S/C19H18N4O/c1-14-7-12-18(23-22-14)20-16-8-10-17(11-9-16)21-19(24)13-15-5-3-2-4-6-15/h2-12H,13H2,1H3,(H,20,23)(H,21,24). The van der Waals surface area contributed by atoms with Gasteiger partial charge in [0.15, 0.2) is 5.82 Å². The SMILES string of the molecule is Cc1ccc(Nc2ccc(NC(=O)Cc3ccccc3)cc2)nn1. The molecule has 5 heteroatoms. The molecule has 3 rings (SSSR count). The molecule has 1 heterocycles. The van der Waals surface area contributed by atoms with E-state index in [-0.39, 0.29) is 5.91 Å². The van der Waals surface area contributed by atoms with Gasteiger partial charge >= 0.3 is 0 Å². The van der Waals surface area contributed by atoms with Crippen molar-refractivity contribution in [3.8, 4) is 0 Å². The van der Waals surface area contributed by atoms with Gasteiger partial charge in [0.05, 0.1) is 12.1 Å². The van der Waals surface area contributed by atoms with Gasteiger partial charge in [0, 0.05) is 11.4 Å². The number of nitrogens with one attached hydrogen (secondary N) is 2. The molecule has 0 saturated heterocycles. The zero-order valence-electron chi connectivity index (χ0n) is 13.4. The van der Waals surface area contributed by atoms with E-state index < -0.39 is 0 Å². The smallest absolute Gasteiger partial charge is 0.228 e. The van der Waals surface area contributed by atoms with Crippen LogP contribution in [0.5, 0.6) is 0 Å². The Bertz CT molecular complexity index is 799. The van der Waals surface area contributed by atoms with Gasteiger partial charge < -0.3 is 10.6 Å². The lowest BCUT2D eigenvalue weighted by atomic mass is 10.1. The molecule has 0 atom stereocenters. The predicted octanol–water partition coefficient (Wildman–Crippen LogP) is 3.71. The van der Waals surface area contributed by atoms with Crippen LogP contribution < -0.4 is 10.6 Å². The number of aromatic nitrogens is 2. The van der Waals surface area contributed by atoms with Crippen LogP contribution >= 0.6 is 0 Å².